The van der Waals surface area contributed by atoms with E-state index in [1.165, 1.54) is 4.90 Å². The molecule has 2 aliphatic rings. The smallest absolute Gasteiger partial charge is 0.265 e. The number of amides is 3. The van der Waals surface area contributed by atoms with Gasteiger partial charge in [0.15, 0.2) is 6.61 Å². The summed E-state index contributed by atoms with van der Waals surface area (Å²) >= 11 is 6.02. The Morgan fingerprint density at radius 3 is 2.46 bits per heavy atom. The van der Waals surface area contributed by atoms with Crippen LogP contribution in [0.1, 0.15) is 13.8 Å². The van der Waals surface area contributed by atoms with E-state index in [-0.39, 0.29) is 36.8 Å². The predicted octanol–water partition coefficient (Wildman–Crippen LogP) is 1.39. The lowest BCUT2D eigenvalue weighted by Crippen LogP contribution is -2.54. The summed E-state index contributed by atoms with van der Waals surface area (Å²) in [5.74, 6) is 0.159. The van der Waals surface area contributed by atoms with Crippen LogP contribution in [0.4, 0.5) is 5.69 Å². The van der Waals surface area contributed by atoms with Gasteiger partial charge in [0.05, 0.1) is 5.69 Å². The number of rotatable bonds is 3. The molecule has 7 nitrogen and oxygen atoms in total. The predicted molar refractivity (Wildman–Crippen MR) is 97.3 cm³/mol. The third kappa shape index (κ3) is 3.77. The van der Waals surface area contributed by atoms with E-state index < -0.39 is 0 Å². The second-order valence-corrected chi connectivity index (χ2v) is 7.18. The highest BCUT2D eigenvalue weighted by Gasteiger charge is 2.31. The molecule has 0 bridgehead atoms. The Bertz CT molecular complexity index is 729. The van der Waals surface area contributed by atoms with Gasteiger partial charge in [-0.05, 0) is 18.2 Å². The maximum atomic E-state index is 12.7. The van der Waals surface area contributed by atoms with Crippen molar-refractivity contribution in [3.8, 4) is 5.75 Å². The van der Waals surface area contributed by atoms with Gasteiger partial charge in [0, 0.05) is 37.1 Å². The molecule has 0 aromatic heterocycles. The number of carbonyl (C=O) groups excluding carboxylic acids is 3. The lowest BCUT2D eigenvalue weighted by atomic mass is 10.1. The Morgan fingerprint density at radius 2 is 1.81 bits per heavy atom. The van der Waals surface area contributed by atoms with Gasteiger partial charge >= 0.3 is 0 Å². The van der Waals surface area contributed by atoms with E-state index in [1.807, 2.05) is 13.8 Å². The van der Waals surface area contributed by atoms with Crippen molar-refractivity contribution in [3.05, 3.63) is 23.2 Å². The van der Waals surface area contributed by atoms with Crippen LogP contribution < -0.4 is 9.64 Å². The Balaban J connectivity index is 1.65. The van der Waals surface area contributed by atoms with Gasteiger partial charge < -0.3 is 14.5 Å². The summed E-state index contributed by atoms with van der Waals surface area (Å²) in [7, 11) is 0. The summed E-state index contributed by atoms with van der Waals surface area (Å²) in [5.41, 5.74) is 0.510. The van der Waals surface area contributed by atoms with E-state index in [4.69, 9.17) is 16.3 Å². The first-order valence-electron chi connectivity index (χ1n) is 8.66. The van der Waals surface area contributed by atoms with Crippen LogP contribution in [0.15, 0.2) is 18.2 Å². The quantitative estimate of drug-likeness (QED) is 0.795. The highest BCUT2D eigenvalue weighted by atomic mass is 35.5. The summed E-state index contributed by atoms with van der Waals surface area (Å²) in [6, 6.07) is 5.00. The SMILES string of the molecule is CC(C)C(=O)N1CCN(C(=O)CN2C(=O)COc3ccc(Cl)cc32)CC1. The standard InChI is InChI=1S/C18H22ClN3O4/c1-12(2)18(25)21-7-5-20(6-8-21)16(23)10-22-14-9-13(19)3-4-15(14)26-11-17(22)24/h3-4,9,12H,5-8,10-11H2,1-2H3. The van der Waals surface area contributed by atoms with Crippen molar-refractivity contribution in [3.63, 3.8) is 0 Å². The van der Waals surface area contributed by atoms with E-state index in [0.717, 1.165) is 0 Å². The molecule has 2 aliphatic heterocycles. The molecule has 26 heavy (non-hydrogen) atoms. The monoisotopic (exact) mass is 379 g/mol. The molecule has 8 heteroatoms. The number of nitrogens with zero attached hydrogens (tertiary/aromatic N) is 3. The number of hydrogen-bond acceptors (Lipinski definition) is 4. The van der Waals surface area contributed by atoms with Crippen LogP contribution >= 0.6 is 11.6 Å². The maximum absolute atomic E-state index is 12.7. The average Bonchev–Trinajstić information content (AvgIpc) is 2.63. The first-order valence-corrected chi connectivity index (χ1v) is 9.04. The first-order chi connectivity index (χ1) is 12.4. The average molecular weight is 380 g/mol. The molecule has 0 radical (unpaired) electrons. The fraction of sp³-hybridized carbons (Fsp3) is 0.500. The zero-order valence-electron chi connectivity index (χ0n) is 14.9. The summed E-state index contributed by atoms with van der Waals surface area (Å²) in [5, 5.41) is 0.473. The molecule has 0 saturated carbocycles. The second kappa shape index (κ2) is 7.53. The molecule has 0 atom stereocenters. The lowest BCUT2D eigenvalue weighted by molar-refractivity contribution is -0.141. The Morgan fingerprint density at radius 1 is 1.15 bits per heavy atom. The normalized spacial score (nSPS) is 17.2. The second-order valence-electron chi connectivity index (χ2n) is 6.74. The third-order valence-corrected chi connectivity index (χ3v) is 4.83. The van der Waals surface area contributed by atoms with Crippen molar-refractivity contribution < 1.29 is 19.1 Å². The minimum atomic E-state index is -0.276. The largest absolute Gasteiger partial charge is 0.482 e. The van der Waals surface area contributed by atoms with Crippen LogP contribution in [0.3, 0.4) is 0 Å². The third-order valence-electron chi connectivity index (χ3n) is 4.60. The molecule has 0 spiro atoms. The van der Waals surface area contributed by atoms with E-state index in [2.05, 4.69) is 0 Å². The summed E-state index contributed by atoms with van der Waals surface area (Å²) in [4.78, 5) is 41.8. The molecule has 0 unspecified atom stereocenters. The molecule has 3 amide bonds. The van der Waals surface area contributed by atoms with Crippen LogP contribution in [-0.2, 0) is 14.4 Å². The minimum absolute atomic E-state index is 0.0514. The number of anilines is 1. The molecular formula is C18H22ClN3O4. The van der Waals surface area contributed by atoms with Crippen molar-refractivity contribution >= 4 is 35.0 Å². The van der Waals surface area contributed by atoms with Gasteiger partial charge in [-0.15, -0.1) is 0 Å². The molecule has 3 rings (SSSR count). The van der Waals surface area contributed by atoms with E-state index in [9.17, 15) is 14.4 Å². The van der Waals surface area contributed by atoms with E-state index >= 15 is 0 Å². The Kier molecular flexibility index (Phi) is 5.36. The van der Waals surface area contributed by atoms with Gasteiger partial charge in [0.2, 0.25) is 11.8 Å². The molecule has 1 aromatic rings. The van der Waals surface area contributed by atoms with Gasteiger partial charge in [-0.25, -0.2) is 0 Å². The number of carbonyl (C=O) groups is 3. The van der Waals surface area contributed by atoms with Gasteiger partial charge in [-0.2, -0.15) is 0 Å². The van der Waals surface area contributed by atoms with Crippen LogP contribution in [0, 0.1) is 5.92 Å². The highest BCUT2D eigenvalue weighted by Crippen LogP contribution is 2.34. The summed E-state index contributed by atoms with van der Waals surface area (Å²) in [6.07, 6.45) is 0. The highest BCUT2D eigenvalue weighted by molar-refractivity contribution is 6.31. The van der Waals surface area contributed by atoms with Crippen molar-refractivity contribution in [1.29, 1.82) is 0 Å². The van der Waals surface area contributed by atoms with Gasteiger partial charge in [-0.3, -0.25) is 19.3 Å². The Labute approximate surface area is 157 Å². The van der Waals surface area contributed by atoms with Gasteiger partial charge in [0.25, 0.3) is 5.91 Å². The van der Waals surface area contributed by atoms with Gasteiger partial charge in [0.1, 0.15) is 12.3 Å². The zero-order chi connectivity index (χ0) is 18.8. The van der Waals surface area contributed by atoms with Crippen molar-refractivity contribution in [1.82, 2.24) is 9.80 Å². The van der Waals surface area contributed by atoms with Crippen LogP contribution in [0.25, 0.3) is 0 Å². The molecule has 0 aliphatic carbocycles. The molecule has 140 valence electrons. The first kappa shape index (κ1) is 18.5. The zero-order valence-corrected chi connectivity index (χ0v) is 15.7. The maximum Gasteiger partial charge on any atom is 0.265 e. The number of halogens is 1. The van der Waals surface area contributed by atoms with Crippen molar-refractivity contribution in [2.24, 2.45) is 5.92 Å². The fourth-order valence-electron chi connectivity index (χ4n) is 3.13. The summed E-state index contributed by atoms with van der Waals surface area (Å²) in [6.45, 7) is 5.55. The van der Waals surface area contributed by atoms with E-state index in [0.29, 0.717) is 42.6 Å². The molecular weight excluding hydrogens is 358 g/mol. The topological polar surface area (TPSA) is 70.2 Å². The number of hydrogen-bond donors (Lipinski definition) is 0. The van der Waals surface area contributed by atoms with Crippen LogP contribution in [-0.4, -0.2) is 66.9 Å². The number of piperazine rings is 1. The van der Waals surface area contributed by atoms with Gasteiger partial charge in [-0.1, -0.05) is 25.4 Å². The van der Waals surface area contributed by atoms with Crippen LogP contribution in [0.2, 0.25) is 5.02 Å². The van der Waals surface area contributed by atoms with E-state index in [1.54, 1.807) is 28.0 Å². The summed E-state index contributed by atoms with van der Waals surface area (Å²) < 4.78 is 5.39. The number of ether oxygens (including phenoxy) is 1. The van der Waals surface area contributed by atoms with Crippen molar-refractivity contribution in [2.45, 2.75) is 13.8 Å². The molecule has 0 N–H and O–H groups in total. The minimum Gasteiger partial charge on any atom is -0.482 e. The number of fused-ring (bicyclic) bond motifs is 1. The molecule has 2 heterocycles. The fourth-order valence-corrected chi connectivity index (χ4v) is 3.29. The van der Waals surface area contributed by atoms with Crippen molar-refractivity contribution in [2.75, 3.05) is 44.2 Å². The lowest BCUT2D eigenvalue weighted by Gasteiger charge is -2.37. The molecule has 1 fully saturated rings. The number of benzene rings is 1. The Hall–Kier alpha value is -2.28. The van der Waals surface area contributed by atoms with Crippen LogP contribution in [0.5, 0.6) is 5.75 Å². The molecule has 1 saturated heterocycles. The molecule has 1 aromatic carbocycles.